The number of hydrogen-bond donors (Lipinski definition) is 2. The molecule has 0 radical (unpaired) electrons. The van der Waals surface area contributed by atoms with Crippen LogP contribution in [0.1, 0.15) is 42.3 Å². The summed E-state index contributed by atoms with van der Waals surface area (Å²) in [5.41, 5.74) is 6.81. The van der Waals surface area contributed by atoms with Gasteiger partial charge in [-0.2, -0.15) is 0 Å². The minimum atomic E-state index is -0.505. The first-order valence-electron chi connectivity index (χ1n) is 8.10. The molecule has 0 bridgehead atoms. The molecule has 2 aromatic rings. The topological polar surface area (TPSA) is 101 Å². The van der Waals surface area contributed by atoms with Crippen LogP contribution in [0.15, 0.2) is 48.5 Å². The minimum absolute atomic E-state index is 0.00123. The van der Waals surface area contributed by atoms with Crippen molar-refractivity contribution in [3.63, 3.8) is 0 Å². The molecule has 7 heteroatoms. The summed E-state index contributed by atoms with van der Waals surface area (Å²) in [6, 6.07) is 12.9. The first kappa shape index (κ1) is 19.1. The third-order valence-corrected chi connectivity index (χ3v) is 3.84. The van der Waals surface area contributed by atoms with Crippen LogP contribution in [0.5, 0.6) is 0 Å². The van der Waals surface area contributed by atoms with E-state index in [1.807, 2.05) is 12.1 Å². The summed E-state index contributed by atoms with van der Waals surface area (Å²) in [5.74, 6) is -0.832. The van der Waals surface area contributed by atoms with Crippen LogP contribution in [-0.4, -0.2) is 16.7 Å². The highest BCUT2D eigenvalue weighted by Gasteiger charge is 2.14. The van der Waals surface area contributed by atoms with E-state index >= 15 is 0 Å². The molecule has 2 amide bonds. The van der Waals surface area contributed by atoms with Gasteiger partial charge in [-0.05, 0) is 28.7 Å². The molecule has 26 heavy (non-hydrogen) atoms. The molecule has 0 saturated heterocycles. The van der Waals surface area contributed by atoms with Crippen LogP contribution in [0.25, 0.3) is 0 Å². The van der Waals surface area contributed by atoms with Gasteiger partial charge in [0.2, 0.25) is 5.91 Å². The second-order valence-corrected chi connectivity index (χ2v) is 6.93. The van der Waals surface area contributed by atoms with E-state index in [9.17, 15) is 19.7 Å². The number of amides is 2. The zero-order chi connectivity index (χ0) is 19.3. The SMILES string of the molecule is CC(C)(C)c1ccc(C(=O)NNC(=O)Cc2ccc([N+](=O)[O-])cc2)cc1. The number of nitro benzene ring substituents is 1. The van der Waals surface area contributed by atoms with E-state index in [0.717, 1.165) is 5.56 Å². The summed E-state index contributed by atoms with van der Waals surface area (Å²) in [4.78, 5) is 34.1. The fourth-order valence-corrected chi connectivity index (χ4v) is 2.29. The number of hydrogen-bond acceptors (Lipinski definition) is 4. The molecule has 0 aliphatic rings. The quantitative estimate of drug-likeness (QED) is 0.650. The van der Waals surface area contributed by atoms with Crippen molar-refractivity contribution in [3.8, 4) is 0 Å². The van der Waals surface area contributed by atoms with Crippen molar-refractivity contribution in [1.82, 2.24) is 10.9 Å². The summed E-state index contributed by atoms with van der Waals surface area (Å²) in [6.45, 7) is 6.25. The Morgan fingerprint density at radius 1 is 0.962 bits per heavy atom. The lowest BCUT2D eigenvalue weighted by Gasteiger charge is -2.19. The zero-order valence-corrected chi connectivity index (χ0v) is 14.9. The molecule has 7 nitrogen and oxygen atoms in total. The first-order valence-corrected chi connectivity index (χ1v) is 8.10. The summed E-state index contributed by atoms with van der Waals surface area (Å²) in [7, 11) is 0. The normalized spacial score (nSPS) is 10.9. The summed E-state index contributed by atoms with van der Waals surface area (Å²) >= 11 is 0. The predicted molar refractivity (Wildman–Crippen MR) is 97.6 cm³/mol. The van der Waals surface area contributed by atoms with Crippen molar-refractivity contribution in [1.29, 1.82) is 0 Å². The number of carbonyl (C=O) groups excluding carboxylic acids is 2. The number of nitro groups is 1. The monoisotopic (exact) mass is 355 g/mol. The lowest BCUT2D eigenvalue weighted by molar-refractivity contribution is -0.384. The Hall–Kier alpha value is -3.22. The molecule has 2 aromatic carbocycles. The maximum atomic E-state index is 12.1. The van der Waals surface area contributed by atoms with E-state index in [2.05, 4.69) is 31.6 Å². The van der Waals surface area contributed by atoms with Gasteiger partial charge < -0.3 is 0 Å². The molecule has 0 aliphatic heterocycles. The lowest BCUT2D eigenvalue weighted by atomic mass is 9.87. The molecular formula is C19H21N3O4. The van der Waals surface area contributed by atoms with Crippen molar-refractivity contribution in [2.24, 2.45) is 0 Å². The van der Waals surface area contributed by atoms with Crippen LogP contribution in [-0.2, 0) is 16.6 Å². The number of non-ortho nitro benzene ring substituents is 1. The number of rotatable bonds is 4. The number of hydrazine groups is 1. The van der Waals surface area contributed by atoms with Gasteiger partial charge >= 0.3 is 0 Å². The predicted octanol–water partition coefficient (Wildman–Crippen LogP) is 2.90. The summed E-state index contributed by atoms with van der Waals surface area (Å²) < 4.78 is 0. The van der Waals surface area contributed by atoms with Crippen LogP contribution in [0.4, 0.5) is 5.69 Å². The van der Waals surface area contributed by atoms with Crippen LogP contribution < -0.4 is 10.9 Å². The smallest absolute Gasteiger partial charge is 0.269 e. The summed E-state index contributed by atoms with van der Waals surface area (Å²) in [6.07, 6.45) is 0.00123. The van der Waals surface area contributed by atoms with Gasteiger partial charge in [0.1, 0.15) is 0 Å². The van der Waals surface area contributed by atoms with Crippen molar-refractivity contribution in [3.05, 3.63) is 75.3 Å². The van der Waals surface area contributed by atoms with E-state index in [-0.39, 0.29) is 17.5 Å². The van der Waals surface area contributed by atoms with Gasteiger partial charge in [0.15, 0.2) is 0 Å². The molecular weight excluding hydrogens is 334 g/mol. The van der Waals surface area contributed by atoms with E-state index in [0.29, 0.717) is 11.1 Å². The third-order valence-electron chi connectivity index (χ3n) is 3.84. The third kappa shape index (κ3) is 5.14. The van der Waals surface area contributed by atoms with Gasteiger partial charge in [-0.1, -0.05) is 45.0 Å². The maximum absolute atomic E-state index is 12.1. The minimum Gasteiger partial charge on any atom is -0.273 e. The second kappa shape index (κ2) is 7.77. The summed E-state index contributed by atoms with van der Waals surface area (Å²) in [5, 5.41) is 10.6. The van der Waals surface area contributed by atoms with Crippen molar-refractivity contribution in [2.45, 2.75) is 32.6 Å². The molecule has 2 rings (SSSR count). The molecule has 136 valence electrons. The van der Waals surface area contributed by atoms with Crippen molar-refractivity contribution >= 4 is 17.5 Å². The highest BCUT2D eigenvalue weighted by molar-refractivity contribution is 5.95. The molecule has 0 fully saturated rings. The molecule has 0 aliphatic carbocycles. The Kier molecular flexibility index (Phi) is 5.71. The first-order chi connectivity index (χ1) is 12.2. The number of benzene rings is 2. The lowest BCUT2D eigenvalue weighted by Crippen LogP contribution is -2.42. The van der Waals surface area contributed by atoms with Gasteiger partial charge in [0, 0.05) is 17.7 Å². The van der Waals surface area contributed by atoms with Gasteiger partial charge in [0.05, 0.1) is 11.3 Å². The molecule has 0 spiro atoms. The number of nitrogens with zero attached hydrogens (tertiary/aromatic N) is 1. The molecule has 0 aromatic heterocycles. The fraction of sp³-hybridized carbons (Fsp3) is 0.263. The molecule has 0 atom stereocenters. The Morgan fingerprint density at radius 2 is 1.54 bits per heavy atom. The van der Waals surface area contributed by atoms with Gasteiger partial charge in [-0.25, -0.2) is 0 Å². The number of nitrogens with one attached hydrogen (secondary N) is 2. The van der Waals surface area contributed by atoms with Gasteiger partial charge in [-0.15, -0.1) is 0 Å². The van der Waals surface area contributed by atoms with Crippen LogP contribution >= 0.6 is 0 Å². The van der Waals surface area contributed by atoms with E-state index in [4.69, 9.17) is 0 Å². The standard InChI is InChI=1S/C19H21N3O4/c1-19(2,3)15-8-6-14(7-9-15)18(24)21-20-17(23)12-13-4-10-16(11-5-13)22(25)26/h4-11H,12H2,1-3H3,(H,20,23)(H,21,24). The zero-order valence-electron chi connectivity index (χ0n) is 14.9. The fourth-order valence-electron chi connectivity index (χ4n) is 2.29. The molecule has 0 saturated carbocycles. The van der Waals surface area contributed by atoms with Gasteiger partial charge in [-0.3, -0.25) is 30.6 Å². The Labute approximate surface area is 151 Å². The average Bonchev–Trinajstić information content (AvgIpc) is 2.59. The van der Waals surface area contributed by atoms with Crippen molar-refractivity contribution in [2.75, 3.05) is 0 Å². The van der Waals surface area contributed by atoms with Crippen LogP contribution in [0.2, 0.25) is 0 Å². The van der Waals surface area contributed by atoms with Crippen LogP contribution in [0.3, 0.4) is 0 Å². The second-order valence-electron chi connectivity index (χ2n) is 6.93. The Balaban J connectivity index is 1.88. The molecule has 2 N–H and O–H groups in total. The van der Waals surface area contributed by atoms with E-state index < -0.39 is 16.7 Å². The largest absolute Gasteiger partial charge is 0.273 e. The van der Waals surface area contributed by atoms with Crippen LogP contribution in [0, 0.1) is 10.1 Å². The van der Waals surface area contributed by atoms with E-state index in [1.54, 1.807) is 12.1 Å². The Bertz CT molecular complexity index is 806. The Morgan fingerprint density at radius 3 is 2.04 bits per heavy atom. The van der Waals surface area contributed by atoms with Crippen molar-refractivity contribution < 1.29 is 14.5 Å². The maximum Gasteiger partial charge on any atom is 0.269 e. The van der Waals surface area contributed by atoms with E-state index in [1.165, 1.54) is 24.3 Å². The van der Waals surface area contributed by atoms with Gasteiger partial charge in [0.25, 0.3) is 11.6 Å². The molecule has 0 unspecified atom stereocenters. The number of carbonyl (C=O) groups is 2. The highest BCUT2D eigenvalue weighted by atomic mass is 16.6. The molecule has 0 heterocycles. The average molecular weight is 355 g/mol. The highest BCUT2D eigenvalue weighted by Crippen LogP contribution is 2.22.